The van der Waals surface area contributed by atoms with Crippen LogP contribution in [0.3, 0.4) is 0 Å². The Morgan fingerprint density at radius 1 is 1.20 bits per heavy atom. The molecule has 0 aromatic carbocycles. The summed E-state index contributed by atoms with van der Waals surface area (Å²) >= 11 is 1.03. The van der Waals surface area contributed by atoms with Crippen molar-refractivity contribution in [2.24, 2.45) is 0 Å². The van der Waals surface area contributed by atoms with E-state index in [1.165, 1.54) is 36.5 Å². The van der Waals surface area contributed by atoms with E-state index >= 15 is 0 Å². The van der Waals surface area contributed by atoms with Gasteiger partial charge >= 0.3 is 80.6 Å². The molecule has 0 bridgehead atoms. The topological polar surface area (TPSA) is 49.4 Å². The third kappa shape index (κ3) is 25.0. The molecule has 3 nitrogen and oxygen atoms in total. The molecule has 0 rings (SSSR count). The first-order chi connectivity index (χ1) is 7.18. The Hall–Kier alpha value is 0.365. The molecule has 0 aromatic heterocycles. The quantitative estimate of drug-likeness (QED) is 0.458. The van der Waals surface area contributed by atoms with Gasteiger partial charge in [0.05, 0.1) is 0 Å². The predicted molar refractivity (Wildman–Crippen MR) is 55.1 cm³/mol. The van der Waals surface area contributed by atoms with Crippen LogP contribution < -0.4 is 5.11 Å². The first kappa shape index (κ1) is 17.8. The fourth-order valence-corrected chi connectivity index (χ4v) is 2.25. The van der Waals surface area contributed by atoms with Gasteiger partial charge in [-0.05, 0) is 6.42 Å². The number of carboxylic acids is 1. The summed E-state index contributed by atoms with van der Waals surface area (Å²) in [5, 5.41) is 9.26. The molecule has 0 radical (unpaired) electrons. The van der Waals surface area contributed by atoms with E-state index in [0.29, 0.717) is 0 Å². The van der Waals surface area contributed by atoms with Crippen LogP contribution in [0.4, 0.5) is 0 Å². The maximum absolute atomic E-state index is 9.26. The van der Waals surface area contributed by atoms with Crippen molar-refractivity contribution in [2.45, 2.75) is 49.9 Å². The Balaban J connectivity index is 0. The van der Waals surface area contributed by atoms with E-state index in [9.17, 15) is 9.90 Å². The third-order valence-corrected chi connectivity index (χ3v) is 3.73. The number of carbonyl (C=O) groups excluding carboxylic acids is 1. The van der Waals surface area contributed by atoms with Gasteiger partial charge in [-0.3, -0.25) is 0 Å². The molecule has 0 aliphatic carbocycles. The van der Waals surface area contributed by atoms with Crippen molar-refractivity contribution in [3.63, 3.8) is 0 Å². The van der Waals surface area contributed by atoms with Gasteiger partial charge in [-0.15, -0.1) is 0 Å². The second-order valence-electron chi connectivity index (χ2n) is 3.19. The SMILES string of the molecule is CCC(=O)[O-].CCOCCCCC[CH2][Hg+]. The zero-order valence-corrected chi connectivity index (χ0v) is 15.6. The van der Waals surface area contributed by atoms with E-state index in [0.717, 1.165) is 39.3 Å². The molecule has 0 aliphatic heterocycles. The molecular weight excluding hydrogens is 381 g/mol. The summed E-state index contributed by atoms with van der Waals surface area (Å²) in [6.45, 7) is 5.45. The average Bonchev–Trinajstić information content (AvgIpc) is 2.24. The van der Waals surface area contributed by atoms with E-state index in [-0.39, 0.29) is 6.42 Å². The van der Waals surface area contributed by atoms with Gasteiger partial charge in [0, 0.05) is 5.97 Å². The second-order valence-corrected chi connectivity index (χ2v) is 5.94. The zero-order chi connectivity index (χ0) is 11.9. The molecule has 0 fully saturated rings. The van der Waals surface area contributed by atoms with E-state index < -0.39 is 5.97 Å². The fraction of sp³-hybridized carbons (Fsp3) is 0.909. The zero-order valence-electron chi connectivity index (χ0n) is 10.1. The molecular formula is C11H22HgO3. The van der Waals surface area contributed by atoms with Gasteiger partial charge in [-0.1, -0.05) is 6.92 Å². The summed E-state index contributed by atoms with van der Waals surface area (Å²) in [6.07, 6.45) is 5.64. The fourth-order valence-electron chi connectivity index (χ4n) is 0.879. The van der Waals surface area contributed by atoms with Crippen LogP contribution in [0.5, 0.6) is 0 Å². The standard InChI is InChI=1S/C8H17O.C3H6O2.Hg/c1-3-5-6-7-8-9-4-2;1-2-3(4)5;/h1,3-8H2,2H3;2H2,1H3,(H,4,5);/q;;+1/p-1. The molecule has 0 aromatic rings. The van der Waals surface area contributed by atoms with E-state index in [4.69, 9.17) is 4.74 Å². The Kier molecular flexibility index (Phi) is 19.9. The summed E-state index contributed by atoms with van der Waals surface area (Å²) in [4.78, 5) is 9.26. The first-order valence-corrected chi connectivity index (χ1v) is 9.64. The van der Waals surface area contributed by atoms with Crippen LogP contribution in [0.1, 0.15) is 46.0 Å². The van der Waals surface area contributed by atoms with Gasteiger partial charge in [-0.25, -0.2) is 0 Å². The molecule has 0 aliphatic rings. The Morgan fingerprint density at radius 2 is 1.73 bits per heavy atom. The van der Waals surface area contributed by atoms with Crippen molar-refractivity contribution >= 4 is 5.97 Å². The van der Waals surface area contributed by atoms with Crippen LogP contribution in [0, 0.1) is 0 Å². The number of ether oxygens (including phenoxy) is 1. The van der Waals surface area contributed by atoms with E-state index in [1.54, 1.807) is 0 Å². The molecule has 15 heavy (non-hydrogen) atoms. The van der Waals surface area contributed by atoms with Gasteiger partial charge in [0.1, 0.15) is 0 Å². The van der Waals surface area contributed by atoms with Crippen molar-refractivity contribution in [1.82, 2.24) is 0 Å². The molecule has 0 atom stereocenters. The van der Waals surface area contributed by atoms with Crippen molar-refractivity contribution in [1.29, 1.82) is 0 Å². The van der Waals surface area contributed by atoms with Crippen LogP contribution in [-0.4, -0.2) is 19.2 Å². The van der Waals surface area contributed by atoms with E-state index in [1.807, 2.05) is 0 Å². The number of hydrogen-bond acceptors (Lipinski definition) is 3. The van der Waals surface area contributed by atoms with Crippen molar-refractivity contribution < 1.29 is 40.8 Å². The van der Waals surface area contributed by atoms with E-state index in [2.05, 4.69) is 6.92 Å². The number of unbranched alkanes of at least 4 members (excludes halogenated alkanes) is 3. The number of aliphatic carboxylic acids is 1. The third-order valence-electron chi connectivity index (χ3n) is 1.78. The normalized spacial score (nSPS) is 9.33. The minimum absolute atomic E-state index is 0.111. The van der Waals surface area contributed by atoms with Crippen molar-refractivity contribution in [3.8, 4) is 0 Å². The summed E-state index contributed by atoms with van der Waals surface area (Å²) in [5.41, 5.74) is 0. The van der Waals surface area contributed by atoms with Crippen LogP contribution in [0.15, 0.2) is 0 Å². The van der Waals surface area contributed by atoms with Crippen molar-refractivity contribution in [3.05, 3.63) is 0 Å². The maximum atomic E-state index is 9.26. The first-order valence-electron chi connectivity index (χ1n) is 5.75. The number of carboxylic acid groups (broad SMARTS) is 1. The number of hydrogen-bond donors (Lipinski definition) is 0. The van der Waals surface area contributed by atoms with Gasteiger partial charge in [0.15, 0.2) is 0 Å². The molecule has 0 saturated carbocycles. The predicted octanol–water partition coefficient (Wildman–Crippen LogP) is 1.69. The summed E-state index contributed by atoms with van der Waals surface area (Å²) in [5.74, 6) is -0.995. The summed E-state index contributed by atoms with van der Waals surface area (Å²) in [6, 6.07) is 0. The minimum atomic E-state index is -0.995. The Morgan fingerprint density at radius 3 is 2.13 bits per heavy atom. The van der Waals surface area contributed by atoms with Crippen LogP contribution >= 0.6 is 0 Å². The summed E-state index contributed by atoms with van der Waals surface area (Å²) < 4.78 is 6.75. The van der Waals surface area contributed by atoms with Gasteiger partial charge < -0.3 is 9.90 Å². The van der Waals surface area contributed by atoms with Crippen LogP contribution in [-0.2, 0) is 35.7 Å². The van der Waals surface area contributed by atoms with Crippen LogP contribution in [0.2, 0.25) is 3.93 Å². The molecule has 4 heteroatoms. The number of rotatable bonds is 8. The molecule has 0 saturated heterocycles. The second kappa shape index (κ2) is 16.8. The number of carbonyl (C=O) groups is 1. The molecule has 0 amide bonds. The van der Waals surface area contributed by atoms with Crippen molar-refractivity contribution in [2.75, 3.05) is 13.2 Å². The van der Waals surface area contributed by atoms with Gasteiger partial charge in [0.25, 0.3) is 0 Å². The molecule has 86 valence electrons. The molecule has 0 N–H and O–H groups in total. The van der Waals surface area contributed by atoms with Gasteiger partial charge in [0.2, 0.25) is 0 Å². The average molecular weight is 403 g/mol. The van der Waals surface area contributed by atoms with Gasteiger partial charge in [-0.2, -0.15) is 0 Å². The Bertz CT molecular complexity index is 121. The molecule has 0 unspecified atom stereocenters. The molecule has 0 heterocycles. The monoisotopic (exact) mass is 404 g/mol. The van der Waals surface area contributed by atoms with Crippen LogP contribution in [0.25, 0.3) is 0 Å². The summed E-state index contributed by atoms with van der Waals surface area (Å²) in [7, 11) is 0. The Labute approximate surface area is 110 Å². The molecule has 0 spiro atoms.